The van der Waals surface area contributed by atoms with E-state index in [1.807, 2.05) is 24.3 Å². The molecule has 1 amide bonds. The van der Waals surface area contributed by atoms with Gasteiger partial charge in [0.15, 0.2) is 5.41 Å². The average Bonchev–Trinajstić information content (AvgIpc) is 2.27. The number of anilines is 1. The van der Waals surface area contributed by atoms with Gasteiger partial charge >= 0.3 is 0 Å². The van der Waals surface area contributed by atoms with Crippen molar-refractivity contribution in [3.05, 3.63) is 28.7 Å². The van der Waals surface area contributed by atoms with Crippen LogP contribution in [0.5, 0.6) is 0 Å². The quantitative estimate of drug-likeness (QED) is 0.838. The van der Waals surface area contributed by atoms with Gasteiger partial charge in [0, 0.05) is 17.2 Å². The van der Waals surface area contributed by atoms with Gasteiger partial charge in [-0.15, -0.1) is 0 Å². The molecule has 0 saturated carbocycles. The highest BCUT2D eigenvalue weighted by molar-refractivity contribution is 9.10. The summed E-state index contributed by atoms with van der Waals surface area (Å²) in [5, 5.41) is 9.07. The summed E-state index contributed by atoms with van der Waals surface area (Å²) in [6.07, 6.45) is 0. The normalized spacial score (nSPS) is 16.8. The van der Waals surface area contributed by atoms with Crippen molar-refractivity contribution in [1.82, 2.24) is 0 Å². The monoisotopic (exact) mass is 294 g/mol. The molecule has 1 aliphatic rings. The van der Waals surface area contributed by atoms with Gasteiger partial charge in [-0.3, -0.25) is 4.79 Å². The van der Waals surface area contributed by atoms with Gasteiger partial charge in [-0.25, -0.2) is 0 Å². The van der Waals surface area contributed by atoms with Gasteiger partial charge < -0.3 is 9.64 Å². The molecule has 0 bridgehead atoms. The first kappa shape index (κ1) is 12.1. The van der Waals surface area contributed by atoms with E-state index in [2.05, 4.69) is 22.0 Å². The minimum absolute atomic E-state index is 0.181. The predicted molar refractivity (Wildman–Crippen MR) is 66.4 cm³/mol. The maximum absolute atomic E-state index is 12.2. The van der Waals surface area contributed by atoms with Crippen molar-refractivity contribution in [2.45, 2.75) is 0 Å². The lowest BCUT2D eigenvalue weighted by Crippen LogP contribution is -2.53. The molecule has 4 nitrogen and oxygen atoms in total. The molecule has 2 rings (SSSR count). The highest BCUT2D eigenvalue weighted by Gasteiger charge is 2.48. The van der Waals surface area contributed by atoms with E-state index in [1.54, 1.807) is 7.05 Å². The van der Waals surface area contributed by atoms with Crippen molar-refractivity contribution in [2.75, 3.05) is 25.2 Å². The second-order valence-electron chi connectivity index (χ2n) is 4.03. The van der Waals surface area contributed by atoms with Crippen LogP contribution >= 0.6 is 15.9 Å². The zero-order valence-corrected chi connectivity index (χ0v) is 10.9. The lowest BCUT2D eigenvalue weighted by atomic mass is 9.86. The molecule has 17 heavy (non-hydrogen) atoms. The number of halogens is 1. The standard InChI is InChI=1S/C12H11BrN2O2/c1-15(10-4-2-3-9(13)5-10)11(16)12(6-14)7-17-8-12/h2-5H,7-8H2,1H3. The van der Waals surface area contributed by atoms with Crippen LogP contribution in [0, 0.1) is 16.7 Å². The average molecular weight is 295 g/mol. The number of benzene rings is 1. The van der Waals surface area contributed by atoms with Crippen molar-refractivity contribution in [3.63, 3.8) is 0 Å². The highest BCUT2D eigenvalue weighted by atomic mass is 79.9. The van der Waals surface area contributed by atoms with E-state index in [0.717, 1.165) is 10.2 Å². The summed E-state index contributed by atoms with van der Waals surface area (Å²) in [6, 6.07) is 9.44. The Bertz CT molecular complexity index is 492. The molecule has 1 aliphatic heterocycles. The number of rotatable bonds is 2. The third kappa shape index (κ3) is 2.06. The van der Waals surface area contributed by atoms with Crippen molar-refractivity contribution < 1.29 is 9.53 Å². The molecule has 0 spiro atoms. The molecule has 0 radical (unpaired) electrons. The Morgan fingerprint density at radius 3 is 2.76 bits per heavy atom. The van der Waals surface area contributed by atoms with Gasteiger partial charge in [0.2, 0.25) is 0 Å². The zero-order valence-electron chi connectivity index (χ0n) is 9.31. The summed E-state index contributed by atoms with van der Waals surface area (Å²) in [7, 11) is 1.67. The molecule has 1 aromatic carbocycles. The molecule has 0 aromatic heterocycles. The summed E-state index contributed by atoms with van der Waals surface area (Å²) < 4.78 is 5.87. The number of hydrogen-bond donors (Lipinski definition) is 0. The smallest absolute Gasteiger partial charge is 0.252 e. The molecule has 0 atom stereocenters. The van der Waals surface area contributed by atoms with Crippen LogP contribution < -0.4 is 4.90 Å². The second kappa shape index (κ2) is 4.47. The fraction of sp³-hybridized carbons (Fsp3) is 0.333. The van der Waals surface area contributed by atoms with Crippen LogP contribution in [0.1, 0.15) is 0 Å². The molecule has 1 heterocycles. The highest BCUT2D eigenvalue weighted by Crippen LogP contribution is 2.31. The van der Waals surface area contributed by atoms with E-state index in [0.29, 0.717) is 0 Å². The fourth-order valence-corrected chi connectivity index (χ4v) is 2.05. The number of carbonyl (C=O) groups excluding carboxylic acids is 1. The predicted octanol–water partition coefficient (Wildman–Crippen LogP) is 1.95. The molecule has 88 valence electrons. The first-order valence-electron chi connectivity index (χ1n) is 5.12. The zero-order chi connectivity index (χ0) is 12.5. The largest absolute Gasteiger partial charge is 0.377 e. The van der Waals surface area contributed by atoms with Crippen LogP contribution in [-0.4, -0.2) is 26.2 Å². The third-order valence-electron chi connectivity index (χ3n) is 2.82. The second-order valence-corrected chi connectivity index (χ2v) is 4.95. The van der Waals surface area contributed by atoms with Crippen LogP contribution in [0.25, 0.3) is 0 Å². The van der Waals surface area contributed by atoms with E-state index >= 15 is 0 Å². The number of carbonyl (C=O) groups is 1. The Kier molecular flexibility index (Phi) is 3.18. The topological polar surface area (TPSA) is 53.3 Å². The Morgan fingerprint density at radius 1 is 1.59 bits per heavy atom. The summed E-state index contributed by atoms with van der Waals surface area (Å²) >= 11 is 3.35. The van der Waals surface area contributed by atoms with Crippen LogP contribution in [0.3, 0.4) is 0 Å². The van der Waals surface area contributed by atoms with Gasteiger partial charge in [-0.05, 0) is 18.2 Å². The van der Waals surface area contributed by atoms with Crippen LogP contribution in [0.4, 0.5) is 5.69 Å². The summed E-state index contributed by atoms with van der Waals surface area (Å²) in [4.78, 5) is 13.7. The van der Waals surface area contributed by atoms with Gasteiger partial charge in [0.1, 0.15) is 0 Å². The molecule has 1 saturated heterocycles. The molecule has 0 aliphatic carbocycles. The van der Waals surface area contributed by atoms with Gasteiger partial charge in [-0.2, -0.15) is 5.26 Å². The maximum atomic E-state index is 12.2. The van der Waals surface area contributed by atoms with E-state index in [9.17, 15) is 4.79 Å². The molecular formula is C12H11BrN2O2. The summed E-state index contributed by atoms with van der Waals surface area (Å²) in [6.45, 7) is 0.362. The van der Waals surface area contributed by atoms with Crippen LogP contribution in [-0.2, 0) is 9.53 Å². The Morgan fingerprint density at radius 2 is 2.29 bits per heavy atom. The Labute approximate surface area is 108 Å². The number of hydrogen-bond acceptors (Lipinski definition) is 3. The first-order chi connectivity index (χ1) is 8.09. The lowest BCUT2D eigenvalue weighted by molar-refractivity contribution is -0.146. The van der Waals surface area contributed by atoms with Gasteiger partial charge in [0.05, 0.1) is 19.3 Å². The Balaban J connectivity index is 2.24. The number of nitriles is 1. The lowest BCUT2D eigenvalue weighted by Gasteiger charge is -2.36. The fourth-order valence-electron chi connectivity index (χ4n) is 1.67. The van der Waals surface area contributed by atoms with Crippen molar-refractivity contribution in [1.29, 1.82) is 5.26 Å². The molecule has 0 N–H and O–H groups in total. The van der Waals surface area contributed by atoms with Gasteiger partial charge in [-0.1, -0.05) is 22.0 Å². The van der Waals surface area contributed by atoms with E-state index < -0.39 is 5.41 Å². The van der Waals surface area contributed by atoms with Crippen LogP contribution in [0.15, 0.2) is 28.7 Å². The molecule has 1 aromatic rings. The molecule has 1 fully saturated rings. The SMILES string of the molecule is CN(C(=O)C1(C#N)COC1)c1cccc(Br)c1. The minimum atomic E-state index is -1.00. The summed E-state index contributed by atoms with van der Waals surface area (Å²) in [5.41, 5.74) is -0.247. The van der Waals surface area contributed by atoms with Gasteiger partial charge in [0.25, 0.3) is 5.91 Å². The molecule has 0 unspecified atom stereocenters. The number of ether oxygens (including phenoxy) is 1. The van der Waals surface area contributed by atoms with Crippen LogP contribution in [0.2, 0.25) is 0 Å². The van der Waals surface area contributed by atoms with E-state index in [1.165, 1.54) is 4.90 Å². The maximum Gasteiger partial charge on any atom is 0.252 e. The minimum Gasteiger partial charge on any atom is -0.377 e. The third-order valence-corrected chi connectivity index (χ3v) is 3.31. The number of nitrogens with zero attached hydrogens (tertiary/aromatic N) is 2. The van der Waals surface area contributed by atoms with Crippen molar-refractivity contribution in [2.24, 2.45) is 5.41 Å². The van der Waals surface area contributed by atoms with E-state index in [4.69, 9.17) is 10.00 Å². The van der Waals surface area contributed by atoms with Crippen molar-refractivity contribution in [3.8, 4) is 6.07 Å². The van der Waals surface area contributed by atoms with Crippen molar-refractivity contribution >= 4 is 27.5 Å². The molecular weight excluding hydrogens is 284 g/mol. The molecule has 5 heteroatoms. The summed E-state index contributed by atoms with van der Waals surface area (Å²) in [5.74, 6) is -0.218. The number of amides is 1. The Hall–Kier alpha value is -1.38. The first-order valence-corrected chi connectivity index (χ1v) is 5.91. The van der Waals surface area contributed by atoms with E-state index in [-0.39, 0.29) is 19.1 Å².